The van der Waals surface area contributed by atoms with E-state index < -0.39 is 0 Å². The van der Waals surface area contributed by atoms with Gasteiger partial charge in [-0.1, -0.05) is 0 Å². The molecule has 3 amide bonds. The summed E-state index contributed by atoms with van der Waals surface area (Å²) in [5.41, 5.74) is 3.10. The fourth-order valence-electron chi connectivity index (χ4n) is 4.79. The van der Waals surface area contributed by atoms with Gasteiger partial charge in [0.05, 0.1) is 11.6 Å². The molecule has 1 atom stereocenters. The molecule has 11 heteroatoms. The molecule has 3 N–H and O–H groups in total. The standard InChI is InChI=1S/C28H34N8O3/c1-18-14-19(2)36(34-18)25-15-24(31-17-32-25)35-13-3-4-22(16-35)27(38)30-12-11-29-26(37)20-7-9-23(10-8-20)33-28(39)21-5-6-21/h7-10,14-15,17,21-22H,3-6,11-13,16H2,1-2H3,(H,29,37)(H,30,38)(H,33,39). The molecule has 2 fully saturated rings. The van der Waals surface area contributed by atoms with Crippen molar-refractivity contribution in [3.05, 3.63) is 59.7 Å². The second-order valence-electron chi connectivity index (χ2n) is 10.2. The first-order valence-electron chi connectivity index (χ1n) is 13.4. The lowest BCUT2D eigenvalue weighted by Crippen LogP contribution is -2.45. The van der Waals surface area contributed by atoms with Crippen LogP contribution in [-0.2, 0) is 9.59 Å². The summed E-state index contributed by atoms with van der Waals surface area (Å²) in [6, 6.07) is 10.7. The fourth-order valence-corrected chi connectivity index (χ4v) is 4.79. The Morgan fingerprint density at radius 2 is 1.64 bits per heavy atom. The number of benzene rings is 1. The van der Waals surface area contributed by atoms with Gasteiger partial charge in [-0.05, 0) is 69.9 Å². The number of anilines is 2. The minimum Gasteiger partial charge on any atom is -0.356 e. The maximum atomic E-state index is 12.9. The lowest BCUT2D eigenvalue weighted by Gasteiger charge is -2.33. The molecule has 0 radical (unpaired) electrons. The highest BCUT2D eigenvalue weighted by Crippen LogP contribution is 2.30. The number of aromatic nitrogens is 4. The SMILES string of the molecule is Cc1cc(C)n(-c2cc(N3CCCC(C(=O)NCCNC(=O)c4ccc(NC(=O)C5CC5)cc4)C3)ncn2)n1. The van der Waals surface area contributed by atoms with Crippen molar-refractivity contribution in [3.63, 3.8) is 0 Å². The molecule has 5 rings (SSSR count). The van der Waals surface area contributed by atoms with E-state index >= 15 is 0 Å². The predicted octanol–water partition coefficient (Wildman–Crippen LogP) is 2.39. The number of rotatable bonds is 9. The third-order valence-corrected chi connectivity index (χ3v) is 7.05. The molecule has 1 aliphatic heterocycles. The predicted molar refractivity (Wildman–Crippen MR) is 147 cm³/mol. The number of nitrogens with one attached hydrogen (secondary N) is 3. The summed E-state index contributed by atoms with van der Waals surface area (Å²) in [6.45, 7) is 5.97. The number of hydrogen-bond donors (Lipinski definition) is 3. The number of nitrogens with zero attached hydrogens (tertiary/aromatic N) is 5. The third kappa shape index (κ3) is 6.60. The van der Waals surface area contributed by atoms with E-state index in [2.05, 4.69) is 35.9 Å². The van der Waals surface area contributed by atoms with Crippen LogP contribution in [0.15, 0.2) is 42.7 Å². The molecule has 1 saturated carbocycles. The van der Waals surface area contributed by atoms with Crippen LogP contribution < -0.4 is 20.9 Å². The van der Waals surface area contributed by atoms with Gasteiger partial charge >= 0.3 is 0 Å². The first-order chi connectivity index (χ1) is 18.9. The van der Waals surface area contributed by atoms with Crippen LogP contribution in [0, 0.1) is 25.7 Å². The Labute approximate surface area is 227 Å². The van der Waals surface area contributed by atoms with E-state index in [1.54, 1.807) is 28.9 Å². The zero-order valence-corrected chi connectivity index (χ0v) is 22.3. The highest BCUT2D eigenvalue weighted by molar-refractivity contribution is 5.96. The summed E-state index contributed by atoms with van der Waals surface area (Å²) in [5.74, 6) is 1.21. The van der Waals surface area contributed by atoms with Crippen LogP contribution in [0.25, 0.3) is 5.82 Å². The van der Waals surface area contributed by atoms with Gasteiger partial charge in [-0.2, -0.15) is 5.10 Å². The van der Waals surface area contributed by atoms with E-state index in [4.69, 9.17) is 0 Å². The molecule has 204 valence electrons. The van der Waals surface area contributed by atoms with Gasteiger partial charge in [0.15, 0.2) is 5.82 Å². The second-order valence-corrected chi connectivity index (χ2v) is 10.2. The van der Waals surface area contributed by atoms with Crippen LogP contribution in [0.5, 0.6) is 0 Å². The monoisotopic (exact) mass is 530 g/mol. The molecule has 1 unspecified atom stereocenters. The highest BCUT2D eigenvalue weighted by atomic mass is 16.2. The Morgan fingerprint density at radius 3 is 2.36 bits per heavy atom. The average molecular weight is 531 g/mol. The zero-order chi connectivity index (χ0) is 27.4. The number of carbonyl (C=O) groups excluding carboxylic acids is 3. The van der Waals surface area contributed by atoms with Crippen molar-refractivity contribution in [2.24, 2.45) is 11.8 Å². The van der Waals surface area contributed by atoms with Gasteiger partial charge in [0, 0.05) is 55.1 Å². The first-order valence-corrected chi connectivity index (χ1v) is 13.4. The molecule has 2 aliphatic rings. The van der Waals surface area contributed by atoms with Gasteiger partial charge in [0.25, 0.3) is 5.91 Å². The molecular formula is C28H34N8O3. The number of piperidine rings is 1. The molecule has 1 aliphatic carbocycles. The molecule has 0 spiro atoms. The number of amides is 3. The van der Waals surface area contributed by atoms with E-state index in [0.29, 0.717) is 36.7 Å². The van der Waals surface area contributed by atoms with Crippen LogP contribution in [0.3, 0.4) is 0 Å². The Bertz CT molecular complexity index is 1350. The number of hydrogen-bond acceptors (Lipinski definition) is 7. The maximum absolute atomic E-state index is 12.9. The van der Waals surface area contributed by atoms with Crippen molar-refractivity contribution in [2.75, 3.05) is 36.4 Å². The fraction of sp³-hybridized carbons (Fsp3) is 0.429. The first kappa shape index (κ1) is 26.3. The van der Waals surface area contributed by atoms with Gasteiger partial charge in [0.2, 0.25) is 11.8 Å². The minimum absolute atomic E-state index is 0.0301. The van der Waals surface area contributed by atoms with Gasteiger partial charge in [-0.3, -0.25) is 14.4 Å². The molecule has 3 aromatic rings. The Morgan fingerprint density at radius 1 is 0.897 bits per heavy atom. The van der Waals surface area contributed by atoms with E-state index in [0.717, 1.165) is 49.4 Å². The van der Waals surface area contributed by atoms with Crippen LogP contribution in [0.2, 0.25) is 0 Å². The van der Waals surface area contributed by atoms with Crippen LogP contribution in [0.1, 0.15) is 47.4 Å². The molecule has 1 aromatic carbocycles. The molecule has 39 heavy (non-hydrogen) atoms. The van der Waals surface area contributed by atoms with E-state index in [1.165, 1.54) is 6.33 Å². The molecule has 3 heterocycles. The third-order valence-electron chi connectivity index (χ3n) is 7.05. The van der Waals surface area contributed by atoms with Gasteiger partial charge < -0.3 is 20.9 Å². The highest BCUT2D eigenvalue weighted by Gasteiger charge is 2.29. The van der Waals surface area contributed by atoms with Crippen molar-refractivity contribution < 1.29 is 14.4 Å². The Kier molecular flexibility index (Phi) is 7.85. The second kappa shape index (κ2) is 11.6. The topological polar surface area (TPSA) is 134 Å². The van der Waals surface area contributed by atoms with E-state index in [-0.39, 0.29) is 29.6 Å². The Hall–Kier alpha value is -4.28. The lowest BCUT2D eigenvalue weighted by atomic mass is 9.97. The van der Waals surface area contributed by atoms with Crippen molar-refractivity contribution in [2.45, 2.75) is 39.5 Å². The summed E-state index contributed by atoms with van der Waals surface area (Å²) in [5, 5.41) is 13.1. The van der Waals surface area contributed by atoms with Gasteiger partial charge in [-0.25, -0.2) is 14.6 Å². The van der Waals surface area contributed by atoms with Crippen molar-refractivity contribution in [3.8, 4) is 5.82 Å². The largest absolute Gasteiger partial charge is 0.356 e. The average Bonchev–Trinajstić information content (AvgIpc) is 3.75. The number of aryl methyl sites for hydroxylation is 2. The van der Waals surface area contributed by atoms with Crippen LogP contribution in [0.4, 0.5) is 11.5 Å². The van der Waals surface area contributed by atoms with Crippen LogP contribution >= 0.6 is 0 Å². The summed E-state index contributed by atoms with van der Waals surface area (Å²) in [7, 11) is 0. The van der Waals surface area contributed by atoms with Crippen molar-refractivity contribution in [1.82, 2.24) is 30.4 Å². The number of carbonyl (C=O) groups is 3. The molecule has 1 saturated heterocycles. The summed E-state index contributed by atoms with van der Waals surface area (Å²) in [4.78, 5) is 48.1. The lowest BCUT2D eigenvalue weighted by molar-refractivity contribution is -0.125. The smallest absolute Gasteiger partial charge is 0.251 e. The van der Waals surface area contributed by atoms with Gasteiger partial charge in [-0.15, -0.1) is 0 Å². The molecule has 11 nitrogen and oxygen atoms in total. The van der Waals surface area contributed by atoms with E-state index in [9.17, 15) is 14.4 Å². The summed E-state index contributed by atoms with van der Waals surface area (Å²) in [6.07, 6.45) is 5.10. The molecule has 2 aromatic heterocycles. The quantitative estimate of drug-likeness (QED) is 0.362. The van der Waals surface area contributed by atoms with Gasteiger partial charge in [0.1, 0.15) is 12.1 Å². The molecular weight excluding hydrogens is 496 g/mol. The van der Waals surface area contributed by atoms with E-state index in [1.807, 2.05) is 26.0 Å². The van der Waals surface area contributed by atoms with Crippen LogP contribution in [-0.4, -0.2) is 63.6 Å². The summed E-state index contributed by atoms with van der Waals surface area (Å²) < 4.78 is 1.80. The zero-order valence-electron chi connectivity index (χ0n) is 22.3. The summed E-state index contributed by atoms with van der Waals surface area (Å²) >= 11 is 0. The Balaban J connectivity index is 1.07. The maximum Gasteiger partial charge on any atom is 0.251 e. The van der Waals surface area contributed by atoms with Crippen molar-refractivity contribution >= 4 is 29.2 Å². The minimum atomic E-state index is -0.227. The molecule has 0 bridgehead atoms. The normalized spacial score (nSPS) is 17.0. The van der Waals surface area contributed by atoms with Crippen molar-refractivity contribution in [1.29, 1.82) is 0 Å².